The van der Waals surface area contributed by atoms with Crippen LogP contribution in [0.4, 0.5) is 0 Å². The van der Waals surface area contributed by atoms with Gasteiger partial charge in [0, 0.05) is 6.04 Å². The number of rotatable bonds is 4. The molecule has 0 aliphatic rings. The van der Waals surface area contributed by atoms with Crippen LogP contribution in [-0.2, 0) is 0 Å². The smallest absolute Gasteiger partial charge is 0.119 e. The van der Waals surface area contributed by atoms with Gasteiger partial charge in [-0.2, -0.15) is 0 Å². The Morgan fingerprint density at radius 3 is 1.93 bits per heavy atom. The van der Waals surface area contributed by atoms with Crippen LogP contribution in [-0.4, -0.2) is 12.1 Å². The highest BCUT2D eigenvalue weighted by molar-refractivity contribution is 5.29. The Hall–Kier alpha value is -1.02. The van der Waals surface area contributed by atoms with Gasteiger partial charge in [-0.1, -0.05) is 26.0 Å². The summed E-state index contributed by atoms with van der Waals surface area (Å²) in [7, 11) is 0. The molecule has 0 saturated heterocycles. The summed E-state index contributed by atoms with van der Waals surface area (Å²) in [6.45, 7) is 8.30. The Morgan fingerprint density at radius 1 is 1.00 bits per heavy atom. The molecule has 2 heteroatoms. The van der Waals surface area contributed by atoms with E-state index < -0.39 is 0 Å². The molecular formula is C13H21NO. The molecule has 0 spiro atoms. The minimum Gasteiger partial charge on any atom is -0.489 e. The van der Waals surface area contributed by atoms with Crippen molar-refractivity contribution in [3.05, 3.63) is 29.8 Å². The first-order valence-corrected chi connectivity index (χ1v) is 5.53. The molecule has 0 saturated carbocycles. The SMILES string of the molecule is CC(C)c1ccc(OC(C)[C@H](C)N)cc1. The first kappa shape index (κ1) is 12.1. The van der Waals surface area contributed by atoms with Crippen LogP contribution in [0.2, 0.25) is 0 Å². The van der Waals surface area contributed by atoms with Crippen molar-refractivity contribution in [3.8, 4) is 5.75 Å². The Bertz CT molecular complexity index is 290. The second-order valence-corrected chi connectivity index (χ2v) is 4.41. The molecule has 2 N–H and O–H groups in total. The zero-order valence-electron chi connectivity index (χ0n) is 10.0. The summed E-state index contributed by atoms with van der Waals surface area (Å²) < 4.78 is 5.69. The Labute approximate surface area is 92.4 Å². The van der Waals surface area contributed by atoms with Crippen LogP contribution < -0.4 is 10.5 Å². The summed E-state index contributed by atoms with van der Waals surface area (Å²) in [5.74, 6) is 1.45. The molecule has 15 heavy (non-hydrogen) atoms. The average molecular weight is 207 g/mol. The van der Waals surface area contributed by atoms with Crippen LogP contribution in [0.1, 0.15) is 39.2 Å². The molecule has 0 aromatic heterocycles. The molecule has 0 fully saturated rings. The van der Waals surface area contributed by atoms with Crippen molar-refractivity contribution in [1.29, 1.82) is 0 Å². The number of benzene rings is 1. The average Bonchev–Trinajstić information content (AvgIpc) is 2.18. The van der Waals surface area contributed by atoms with E-state index in [0.717, 1.165) is 5.75 Å². The summed E-state index contributed by atoms with van der Waals surface area (Å²) >= 11 is 0. The topological polar surface area (TPSA) is 35.2 Å². The van der Waals surface area contributed by atoms with Gasteiger partial charge in [-0.3, -0.25) is 0 Å². The lowest BCUT2D eigenvalue weighted by molar-refractivity contribution is 0.196. The normalized spacial score (nSPS) is 15.1. The molecule has 0 radical (unpaired) electrons. The van der Waals surface area contributed by atoms with Gasteiger partial charge >= 0.3 is 0 Å². The van der Waals surface area contributed by atoms with Gasteiger partial charge < -0.3 is 10.5 Å². The van der Waals surface area contributed by atoms with Gasteiger partial charge in [-0.15, -0.1) is 0 Å². The lowest BCUT2D eigenvalue weighted by Crippen LogP contribution is -2.33. The molecule has 1 rings (SSSR count). The van der Waals surface area contributed by atoms with Crippen molar-refractivity contribution in [2.75, 3.05) is 0 Å². The predicted octanol–water partition coefficient (Wildman–Crippen LogP) is 2.92. The molecule has 0 aliphatic carbocycles. The van der Waals surface area contributed by atoms with Gasteiger partial charge in [0.05, 0.1) is 0 Å². The van der Waals surface area contributed by atoms with Gasteiger partial charge in [0.2, 0.25) is 0 Å². The molecule has 1 aromatic carbocycles. The number of nitrogens with two attached hydrogens (primary N) is 1. The Kier molecular flexibility index (Phi) is 4.15. The highest BCUT2D eigenvalue weighted by Gasteiger charge is 2.08. The maximum absolute atomic E-state index is 5.74. The fourth-order valence-electron chi connectivity index (χ4n) is 1.25. The van der Waals surface area contributed by atoms with E-state index in [9.17, 15) is 0 Å². The van der Waals surface area contributed by atoms with Crippen LogP contribution in [0.25, 0.3) is 0 Å². The lowest BCUT2D eigenvalue weighted by Gasteiger charge is -2.18. The van der Waals surface area contributed by atoms with E-state index in [0.29, 0.717) is 5.92 Å². The Morgan fingerprint density at radius 2 is 1.53 bits per heavy atom. The fourth-order valence-corrected chi connectivity index (χ4v) is 1.25. The van der Waals surface area contributed by atoms with E-state index in [-0.39, 0.29) is 12.1 Å². The molecule has 84 valence electrons. The van der Waals surface area contributed by atoms with E-state index in [1.165, 1.54) is 5.56 Å². The summed E-state index contributed by atoms with van der Waals surface area (Å²) in [6.07, 6.45) is 0.0508. The van der Waals surface area contributed by atoms with Gasteiger partial charge in [0.15, 0.2) is 0 Å². The van der Waals surface area contributed by atoms with E-state index in [1.54, 1.807) is 0 Å². The van der Waals surface area contributed by atoms with Crippen LogP contribution in [0.5, 0.6) is 5.75 Å². The number of ether oxygens (including phenoxy) is 1. The lowest BCUT2D eigenvalue weighted by atomic mass is 10.0. The highest BCUT2D eigenvalue weighted by Crippen LogP contribution is 2.19. The maximum atomic E-state index is 5.74. The molecule has 0 heterocycles. The molecule has 1 unspecified atom stereocenters. The summed E-state index contributed by atoms with van der Waals surface area (Å²) in [4.78, 5) is 0. The molecule has 1 aromatic rings. The third-order valence-electron chi connectivity index (χ3n) is 2.61. The van der Waals surface area contributed by atoms with Gasteiger partial charge in [-0.05, 0) is 37.5 Å². The van der Waals surface area contributed by atoms with Crippen molar-refractivity contribution in [3.63, 3.8) is 0 Å². The fraction of sp³-hybridized carbons (Fsp3) is 0.538. The molecule has 0 bridgehead atoms. The van der Waals surface area contributed by atoms with E-state index in [4.69, 9.17) is 10.5 Å². The van der Waals surface area contributed by atoms with Crippen LogP contribution in [0, 0.1) is 0 Å². The van der Waals surface area contributed by atoms with Crippen molar-refractivity contribution < 1.29 is 4.74 Å². The Balaban J connectivity index is 2.64. The molecule has 0 aliphatic heterocycles. The summed E-state index contributed by atoms with van der Waals surface area (Å²) in [5.41, 5.74) is 7.07. The van der Waals surface area contributed by atoms with Crippen molar-refractivity contribution in [2.24, 2.45) is 5.73 Å². The maximum Gasteiger partial charge on any atom is 0.119 e. The number of hydrogen-bond acceptors (Lipinski definition) is 2. The third kappa shape index (κ3) is 3.56. The first-order chi connectivity index (χ1) is 7.00. The van der Waals surface area contributed by atoms with Gasteiger partial charge in [0.1, 0.15) is 11.9 Å². The van der Waals surface area contributed by atoms with Gasteiger partial charge in [0.25, 0.3) is 0 Å². The van der Waals surface area contributed by atoms with Crippen molar-refractivity contribution in [1.82, 2.24) is 0 Å². The van der Waals surface area contributed by atoms with Crippen LogP contribution >= 0.6 is 0 Å². The zero-order chi connectivity index (χ0) is 11.4. The summed E-state index contributed by atoms with van der Waals surface area (Å²) in [6, 6.07) is 8.28. The monoisotopic (exact) mass is 207 g/mol. The molecule has 0 amide bonds. The standard InChI is InChI=1S/C13H21NO/c1-9(2)12-5-7-13(8-6-12)15-11(4)10(3)14/h5-11H,14H2,1-4H3/t10-,11?/m0/s1. The molecule has 2 nitrogen and oxygen atoms in total. The second kappa shape index (κ2) is 5.17. The minimum atomic E-state index is 0.0507. The van der Waals surface area contributed by atoms with E-state index in [1.807, 2.05) is 26.0 Å². The first-order valence-electron chi connectivity index (χ1n) is 5.53. The summed E-state index contributed by atoms with van der Waals surface area (Å²) in [5, 5.41) is 0. The quantitative estimate of drug-likeness (QED) is 0.824. The minimum absolute atomic E-state index is 0.0507. The van der Waals surface area contributed by atoms with Crippen LogP contribution in [0.3, 0.4) is 0 Å². The third-order valence-corrected chi connectivity index (χ3v) is 2.61. The van der Waals surface area contributed by atoms with Gasteiger partial charge in [-0.25, -0.2) is 0 Å². The van der Waals surface area contributed by atoms with E-state index >= 15 is 0 Å². The second-order valence-electron chi connectivity index (χ2n) is 4.41. The predicted molar refractivity (Wildman–Crippen MR) is 64.3 cm³/mol. The molecule has 2 atom stereocenters. The highest BCUT2D eigenvalue weighted by atomic mass is 16.5. The van der Waals surface area contributed by atoms with Crippen LogP contribution in [0.15, 0.2) is 24.3 Å². The largest absolute Gasteiger partial charge is 0.489 e. The van der Waals surface area contributed by atoms with Crippen molar-refractivity contribution in [2.45, 2.75) is 45.8 Å². The zero-order valence-corrected chi connectivity index (χ0v) is 10.0. The number of hydrogen-bond donors (Lipinski definition) is 1. The molecular weight excluding hydrogens is 186 g/mol. The van der Waals surface area contributed by atoms with E-state index in [2.05, 4.69) is 26.0 Å². The van der Waals surface area contributed by atoms with Crippen molar-refractivity contribution >= 4 is 0 Å².